The summed E-state index contributed by atoms with van der Waals surface area (Å²) >= 11 is 0. The summed E-state index contributed by atoms with van der Waals surface area (Å²) in [6.45, 7) is 1.97. The molecule has 0 radical (unpaired) electrons. The largest absolute Gasteiger partial charge is 0.288 e. The first-order chi connectivity index (χ1) is 13.5. The fourth-order valence-corrected chi connectivity index (χ4v) is 3.78. The molecule has 3 nitrogen and oxygen atoms in total. The summed E-state index contributed by atoms with van der Waals surface area (Å²) in [5.74, 6) is -0.971. The fourth-order valence-electron chi connectivity index (χ4n) is 3.78. The molecule has 0 unspecified atom stereocenters. The lowest BCUT2D eigenvalue weighted by molar-refractivity contribution is 0.0976. The minimum atomic E-state index is -0.419. The molecule has 0 spiro atoms. The zero-order valence-corrected chi connectivity index (χ0v) is 15.0. The van der Waals surface area contributed by atoms with Crippen molar-refractivity contribution in [2.75, 3.05) is 0 Å². The minimum absolute atomic E-state index is 0.124. The van der Waals surface area contributed by atoms with Crippen molar-refractivity contribution in [2.24, 2.45) is 0 Å². The van der Waals surface area contributed by atoms with Gasteiger partial charge in [-0.05, 0) is 30.7 Å². The molecule has 28 heavy (non-hydrogen) atoms. The van der Waals surface area contributed by atoms with Crippen LogP contribution < -0.4 is 0 Å². The van der Waals surface area contributed by atoms with Gasteiger partial charge in [-0.25, -0.2) is 9.37 Å². The Morgan fingerprint density at radius 3 is 2.18 bits per heavy atom. The number of aryl methyl sites for hydroxylation is 1. The van der Waals surface area contributed by atoms with Crippen molar-refractivity contribution in [3.8, 4) is 11.1 Å². The number of aromatic nitrogens is 1. The van der Waals surface area contributed by atoms with E-state index in [1.165, 1.54) is 12.1 Å². The van der Waals surface area contributed by atoms with E-state index < -0.39 is 5.82 Å². The van der Waals surface area contributed by atoms with E-state index in [4.69, 9.17) is 0 Å². The molecule has 3 aromatic carbocycles. The number of hydrogen-bond acceptors (Lipinski definition) is 3. The van der Waals surface area contributed by atoms with Crippen molar-refractivity contribution in [1.82, 2.24) is 4.98 Å². The highest BCUT2D eigenvalue weighted by Crippen LogP contribution is 2.38. The highest BCUT2D eigenvalue weighted by molar-refractivity contribution is 6.31. The molecule has 0 saturated heterocycles. The number of pyridine rings is 1. The molecule has 4 aromatic rings. The van der Waals surface area contributed by atoms with Crippen LogP contribution in [0.2, 0.25) is 0 Å². The van der Waals surface area contributed by atoms with Crippen LogP contribution in [0, 0.1) is 12.7 Å². The average Bonchev–Trinajstić information content (AvgIpc) is 2.71. The van der Waals surface area contributed by atoms with Gasteiger partial charge in [0.1, 0.15) is 11.5 Å². The van der Waals surface area contributed by atoms with Crippen LogP contribution in [0.4, 0.5) is 4.39 Å². The summed E-state index contributed by atoms with van der Waals surface area (Å²) in [6, 6.07) is 18.6. The summed E-state index contributed by atoms with van der Waals surface area (Å²) in [6.07, 6.45) is 0. The number of nitrogens with zero attached hydrogens (tertiary/aromatic N) is 1. The van der Waals surface area contributed by atoms with Crippen LogP contribution in [0.25, 0.3) is 22.0 Å². The lowest BCUT2D eigenvalue weighted by atomic mass is 9.81. The molecule has 1 aliphatic carbocycles. The Kier molecular flexibility index (Phi) is 3.49. The standard InChI is InChI=1S/C24H14FNO2/c1-13-6-8-14(9-7-13)20-18-12-15(25)10-11-19(18)26-22-21(20)23(27)16-4-2-3-5-17(16)24(22)28/h2-12H,1H3. The van der Waals surface area contributed by atoms with Crippen LogP contribution in [0.3, 0.4) is 0 Å². The lowest BCUT2D eigenvalue weighted by Crippen LogP contribution is -2.23. The van der Waals surface area contributed by atoms with Gasteiger partial charge in [-0.3, -0.25) is 9.59 Å². The maximum atomic E-state index is 14.1. The van der Waals surface area contributed by atoms with Crippen LogP contribution in [0.15, 0.2) is 66.7 Å². The van der Waals surface area contributed by atoms with Gasteiger partial charge in [-0.1, -0.05) is 54.1 Å². The van der Waals surface area contributed by atoms with Crippen molar-refractivity contribution in [3.05, 3.63) is 100 Å². The van der Waals surface area contributed by atoms with Gasteiger partial charge >= 0.3 is 0 Å². The SMILES string of the molecule is Cc1ccc(-c2c3c(nc4ccc(F)cc24)C(=O)c2ccccc2C3=O)cc1. The van der Waals surface area contributed by atoms with E-state index in [1.54, 1.807) is 30.3 Å². The van der Waals surface area contributed by atoms with Gasteiger partial charge in [-0.2, -0.15) is 0 Å². The van der Waals surface area contributed by atoms with Gasteiger partial charge in [0.05, 0.1) is 11.1 Å². The first kappa shape index (κ1) is 16.5. The Balaban J connectivity index is 1.94. The van der Waals surface area contributed by atoms with Gasteiger partial charge in [0.25, 0.3) is 0 Å². The zero-order valence-electron chi connectivity index (χ0n) is 15.0. The molecule has 5 rings (SSSR count). The van der Waals surface area contributed by atoms with Crippen LogP contribution in [0.1, 0.15) is 37.5 Å². The van der Waals surface area contributed by atoms with Crippen LogP contribution in [0.5, 0.6) is 0 Å². The third kappa shape index (κ3) is 2.31. The molecule has 0 atom stereocenters. The zero-order chi connectivity index (χ0) is 19.4. The number of carbonyl (C=O) groups excluding carboxylic acids is 2. The average molecular weight is 367 g/mol. The van der Waals surface area contributed by atoms with Crippen LogP contribution in [-0.2, 0) is 0 Å². The van der Waals surface area contributed by atoms with Crippen molar-refractivity contribution >= 4 is 22.5 Å². The first-order valence-corrected chi connectivity index (χ1v) is 8.93. The Morgan fingerprint density at radius 1 is 0.786 bits per heavy atom. The number of hydrogen-bond donors (Lipinski definition) is 0. The van der Waals surface area contributed by atoms with Gasteiger partial charge < -0.3 is 0 Å². The maximum absolute atomic E-state index is 14.1. The summed E-state index contributed by atoms with van der Waals surface area (Å²) in [4.78, 5) is 30.9. The summed E-state index contributed by atoms with van der Waals surface area (Å²) in [5, 5.41) is 0.517. The Labute approximate surface area is 160 Å². The highest BCUT2D eigenvalue weighted by atomic mass is 19.1. The van der Waals surface area contributed by atoms with E-state index in [-0.39, 0.29) is 22.8 Å². The molecule has 1 aromatic heterocycles. The number of halogens is 1. The Hall–Kier alpha value is -3.66. The molecule has 1 aliphatic rings. The highest BCUT2D eigenvalue weighted by Gasteiger charge is 2.34. The molecule has 134 valence electrons. The molecule has 0 N–H and O–H groups in total. The third-order valence-corrected chi connectivity index (χ3v) is 5.15. The predicted molar refractivity (Wildman–Crippen MR) is 105 cm³/mol. The second-order valence-corrected chi connectivity index (χ2v) is 6.94. The first-order valence-electron chi connectivity index (χ1n) is 8.93. The number of ketones is 2. The monoisotopic (exact) mass is 367 g/mol. The van der Waals surface area contributed by atoms with E-state index in [2.05, 4.69) is 4.98 Å². The van der Waals surface area contributed by atoms with Crippen LogP contribution in [-0.4, -0.2) is 16.6 Å². The van der Waals surface area contributed by atoms with E-state index >= 15 is 0 Å². The van der Waals surface area contributed by atoms with E-state index in [0.717, 1.165) is 11.1 Å². The molecule has 0 aliphatic heterocycles. The fraction of sp³-hybridized carbons (Fsp3) is 0.0417. The molecular weight excluding hydrogens is 353 g/mol. The van der Waals surface area contributed by atoms with Crippen molar-refractivity contribution in [1.29, 1.82) is 0 Å². The number of carbonyl (C=O) groups is 2. The third-order valence-electron chi connectivity index (χ3n) is 5.15. The van der Waals surface area contributed by atoms with E-state index in [9.17, 15) is 14.0 Å². The molecule has 0 amide bonds. The van der Waals surface area contributed by atoms with Gasteiger partial charge in [0, 0.05) is 22.1 Å². The normalized spacial score (nSPS) is 12.8. The molecule has 0 fully saturated rings. The smallest absolute Gasteiger partial charge is 0.212 e. The van der Waals surface area contributed by atoms with E-state index in [0.29, 0.717) is 27.6 Å². The molecular formula is C24H14FNO2. The lowest BCUT2D eigenvalue weighted by Gasteiger charge is -2.21. The number of benzene rings is 3. The van der Waals surface area contributed by atoms with Crippen molar-refractivity contribution in [2.45, 2.75) is 6.92 Å². The molecule has 4 heteroatoms. The van der Waals surface area contributed by atoms with Gasteiger partial charge in [0.15, 0.2) is 5.78 Å². The van der Waals surface area contributed by atoms with Crippen molar-refractivity contribution < 1.29 is 14.0 Å². The second-order valence-electron chi connectivity index (χ2n) is 6.94. The summed E-state index contributed by atoms with van der Waals surface area (Å²) in [5.41, 5.74) is 3.91. The molecule has 1 heterocycles. The number of fused-ring (bicyclic) bond motifs is 3. The molecule has 0 saturated carbocycles. The second kappa shape index (κ2) is 5.92. The van der Waals surface area contributed by atoms with Crippen molar-refractivity contribution in [3.63, 3.8) is 0 Å². The predicted octanol–water partition coefficient (Wildman–Crippen LogP) is 5.12. The quantitative estimate of drug-likeness (QED) is 0.413. The summed E-state index contributed by atoms with van der Waals surface area (Å²) in [7, 11) is 0. The van der Waals surface area contributed by atoms with E-state index in [1.807, 2.05) is 31.2 Å². The number of rotatable bonds is 1. The van der Waals surface area contributed by atoms with Crippen LogP contribution >= 0.6 is 0 Å². The summed E-state index contributed by atoms with van der Waals surface area (Å²) < 4.78 is 14.1. The van der Waals surface area contributed by atoms with Gasteiger partial charge in [0.2, 0.25) is 5.78 Å². The maximum Gasteiger partial charge on any atom is 0.212 e. The van der Waals surface area contributed by atoms with Gasteiger partial charge in [-0.15, -0.1) is 0 Å². The molecule has 0 bridgehead atoms. The Bertz CT molecular complexity index is 1310. The Morgan fingerprint density at radius 2 is 1.46 bits per heavy atom. The minimum Gasteiger partial charge on any atom is -0.288 e. The topological polar surface area (TPSA) is 47.0 Å².